The predicted octanol–water partition coefficient (Wildman–Crippen LogP) is 2.92. The van der Waals surface area contributed by atoms with Crippen LogP contribution in [0.5, 0.6) is 0 Å². The summed E-state index contributed by atoms with van der Waals surface area (Å²) in [7, 11) is -3.03. The molecule has 0 bridgehead atoms. The van der Waals surface area contributed by atoms with Crippen LogP contribution in [0.2, 0.25) is 0 Å². The van der Waals surface area contributed by atoms with Crippen molar-refractivity contribution in [3.63, 3.8) is 0 Å². The van der Waals surface area contributed by atoms with Crippen LogP contribution in [0, 0.1) is 0 Å². The molecule has 5 nitrogen and oxygen atoms in total. The Morgan fingerprint density at radius 2 is 1.64 bits per heavy atom. The van der Waals surface area contributed by atoms with E-state index >= 15 is 0 Å². The maximum atomic E-state index is 12.5. The largest absolute Gasteiger partial charge is 0.342 e. The quantitative estimate of drug-likeness (QED) is 0.753. The molecule has 2 heterocycles. The zero-order valence-corrected chi connectivity index (χ0v) is 17.0. The molecule has 2 aliphatic rings. The highest BCUT2D eigenvalue weighted by Crippen LogP contribution is 2.39. The van der Waals surface area contributed by atoms with Crippen molar-refractivity contribution < 1.29 is 13.2 Å². The molecule has 4 rings (SSSR count). The van der Waals surface area contributed by atoms with E-state index in [4.69, 9.17) is 0 Å². The minimum Gasteiger partial charge on any atom is -0.342 e. The summed E-state index contributed by atoms with van der Waals surface area (Å²) in [6, 6.07) is 19.7. The Morgan fingerprint density at radius 3 is 2.32 bits per heavy atom. The lowest BCUT2D eigenvalue weighted by Gasteiger charge is -2.24. The predicted molar refractivity (Wildman–Crippen MR) is 113 cm³/mol. The molecule has 2 aromatic rings. The van der Waals surface area contributed by atoms with Gasteiger partial charge in [-0.3, -0.25) is 4.79 Å². The van der Waals surface area contributed by atoms with Crippen LogP contribution in [0.3, 0.4) is 0 Å². The number of fused-ring (bicyclic) bond motifs is 1. The van der Waals surface area contributed by atoms with Gasteiger partial charge in [-0.1, -0.05) is 72.4 Å². The van der Waals surface area contributed by atoms with Gasteiger partial charge in [-0.25, -0.2) is 8.42 Å². The Balaban J connectivity index is 1.50. The van der Waals surface area contributed by atoms with Crippen molar-refractivity contribution in [1.82, 2.24) is 4.90 Å². The standard InChI is InChI=1S/C21H22N2O3S2/c24-20(12-11-16-7-3-1-4-8-16)22-21-23(13-17-9-5-2-6-10-17)18-14-28(25,26)15-19(18)27-21/h1-10,18-19H,11-15H2. The Morgan fingerprint density at radius 1 is 1.00 bits per heavy atom. The molecule has 0 saturated carbocycles. The van der Waals surface area contributed by atoms with E-state index in [1.165, 1.54) is 11.8 Å². The number of amides is 1. The summed E-state index contributed by atoms with van der Waals surface area (Å²) in [6.45, 7) is 0.565. The van der Waals surface area contributed by atoms with Gasteiger partial charge in [-0.15, -0.1) is 0 Å². The van der Waals surface area contributed by atoms with Crippen molar-refractivity contribution >= 4 is 32.7 Å². The lowest BCUT2D eigenvalue weighted by atomic mass is 10.1. The van der Waals surface area contributed by atoms with Gasteiger partial charge < -0.3 is 4.90 Å². The van der Waals surface area contributed by atoms with E-state index in [0.29, 0.717) is 24.6 Å². The van der Waals surface area contributed by atoms with Gasteiger partial charge >= 0.3 is 0 Å². The maximum Gasteiger partial charge on any atom is 0.248 e. The van der Waals surface area contributed by atoms with Gasteiger partial charge in [0, 0.05) is 18.2 Å². The number of sulfone groups is 1. The van der Waals surface area contributed by atoms with Gasteiger partial charge in [0.25, 0.3) is 0 Å². The molecule has 2 aromatic carbocycles. The van der Waals surface area contributed by atoms with E-state index in [2.05, 4.69) is 4.99 Å². The first-order chi connectivity index (χ1) is 13.5. The van der Waals surface area contributed by atoms with Crippen molar-refractivity contribution in [3.8, 4) is 0 Å². The van der Waals surface area contributed by atoms with Crippen molar-refractivity contribution in [2.45, 2.75) is 30.7 Å². The smallest absolute Gasteiger partial charge is 0.248 e. The molecule has 2 fully saturated rings. The minimum atomic E-state index is -3.03. The lowest BCUT2D eigenvalue weighted by molar-refractivity contribution is -0.117. The van der Waals surface area contributed by atoms with Crippen LogP contribution >= 0.6 is 11.8 Å². The molecule has 2 unspecified atom stereocenters. The third-order valence-electron chi connectivity index (χ3n) is 5.06. The fourth-order valence-corrected chi connectivity index (χ4v) is 7.63. The zero-order chi connectivity index (χ0) is 19.6. The van der Waals surface area contributed by atoms with E-state index in [1.54, 1.807) is 0 Å². The Bertz CT molecular complexity index is 975. The van der Waals surface area contributed by atoms with Crippen molar-refractivity contribution in [2.24, 2.45) is 4.99 Å². The fraction of sp³-hybridized carbons (Fsp3) is 0.333. The Hall–Kier alpha value is -2.12. The molecule has 0 spiro atoms. The minimum absolute atomic E-state index is 0.0469. The first kappa shape index (κ1) is 19.2. The molecule has 146 valence electrons. The van der Waals surface area contributed by atoms with Gasteiger partial charge in [-0.2, -0.15) is 4.99 Å². The van der Waals surface area contributed by atoms with E-state index in [1.807, 2.05) is 65.6 Å². The highest BCUT2D eigenvalue weighted by atomic mass is 32.2. The summed E-state index contributed by atoms with van der Waals surface area (Å²) in [6.07, 6.45) is 1.00. The molecule has 0 aliphatic carbocycles. The SMILES string of the molecule is O=C(CCc1ccccc1)N=C1SC2CS(=O)(=O)CC2N1Cc1ccccc1. The molecule has 2 aliphatic heterocycles. The molecule has 2 atom stereocenters. The summed E-state index contributed by atoms with van der Waals surface area (Å²) in [4.78, 5) is 18.9. The summed E-state index contributed by atoms with van der Waals surface area (Å²) in [5, 5.41) is 0.612. The number of thioether (sulfide) groups is 1. The first-order valence-corrected chi connectivity index (χ1v) is 12.0. The number of rotatable bonds is 5. The second-order valence-corrected chi connectivity index (χ2v) is 10.5. The number of aliphatic imine (C=N–C) groups is 1. The molecule has 28 heavy (non-hydrogen) atoms. The van der Waals surface area contributed by atoms with E-state index in [0.717, 1.165) is 11.1 Å². The summed E-state index contributed by atoms with van der Waals surface area (Å²) in [5.41, 5.74) is 2.19. The van der Waals surface area contributed by atoms with Crippen LogP contribution in [0.25, 0.3) is 0 Å². The van der Waals surface area contributed by atoms with Crippen LogP contribution in [0.15, 0.2) is 65.7 Å². The molecular weight excluding hydrogens is 392 g/mol. The number of benzene rings is 2. The normalized spacial score (nSPS) is 24.4. The highest BCUT2D eigenvalue weighted by Gasteiger charge is 2.48. The number of hydrogen-bond acceptors (Lipinski definition) is 4. The van der Waals surface area contributed by atoms with Crippen LogP contribution in [0.1, 0.15) is 17.5 Å². The molecule has 1 amide bonds. The molecule has 0 aromatic heterocycles. The number of hydrogen-bond donors (Lipinski definition) is 0. The Labute approximate surface area is 169 Å². The van der Waals surface area contributed by atoms with Crippen LogP contribution in [-0.2, 0) is 27.6 Å². The number of amidine groups is 1. The summed E-state index contributed by atoms with van der Waals surface area (Å²) < 4.78 is 24.2. The van der Waals surface area contributed by atoms with Gasteiger partial charge in [0.15, 0.2) is 15.0 Å². The van der Waals surface area contributed by atoms with Crippen molar-refractivity contribution in [3.05, 3.63) is 71.8 Å². The molecule has 7 heteroatoms. The lowest BCUT2D eigenvalue weighted by Crippen LogP contribution is -2.37. The Kier molecular flexibility index (Phi) is 5.55. The molecule has 2 saturated heterocycles. The van der Waals surface area contributed by atoms with E-state index < -0.39 is 9.84 Å². The molecule has 0 radical (unpaired) electrons. The van der Waals surface area contributed by atoms with Crippen molar-refractivity contribution in [2.75, 3.05) is 11.5 Å². The topological polar surface area (TPSA) is 66.8 Å². The average molecular weight is 415 g/mol. The monoisotopic (exact) mass is 414 g/mol. The van der Waals surface area contributed by atoms with Crippen LogP contribution in [-0.4, -0.2) is 47.2 Å². The van der Waals surface area contributed by atoms with E-state index in [9.17, 15) is 13.2 Å². The van der Waals surface area contributed by atoms with Crippen molar-refractivity contribution in [1.29, 1.82) is 0 Å². The summed E-state index contributed by atoms with van der Waals surface area (Å²) >= 11 is 1.44. The third kappa shape index (κ3) is 4.47. The second-order valence-electron chi connectivity index (χ2n) is 7.19. The molecular formula is C21H22N2O3S2. The molecule has 0 N–H and O–H groups in total. The second kappa shape index (κ2) is 8.09. The van der Waals surface area contributed by atoms with Crippen LogP contribution < -0.4 is 0 Å². The summed E-state index contributed by atoms with van der Waals surface area (Å²) in [5.74, 6) is 0.131. The van der Waals surface area contributed by atoms with Crippen LogP contribution in [0.4, 0.5) is 0 Å². The number of carbonyl (C=O) groups excluding carboxylic acids is 1. The van der Waals surface area contributed by atoms with E-state index in [-0.39, 0.29) is 28.7 Å². The fourth-order valence-electron chi connectivity index (χ4n) is 3.66. The zero-order valence-electron chi connectivity index (χ0n) is 15.4. The number of carbonyl (C=O) groups is 1. The number of aryl methyl sites for hydroxylation is 1. The number of nitrogens with zero attached hydrogens (tertiary/aromatic N) is 2. The van der Waals surface area contributed by atoms with Gasteiger partial charge in [-0.05, 0) is 17.5 Å². The van der Waals surface area contributed by atoms with Gasteiger partial charge in [0.05, 0.1) is 17.5 Å². The maximum absolute atomic E-state index is 12.5. The van der Waals surface area contributed by atoms with Gasteiger partial charge in [0.1, 0.15) is 0 Å². The third-order valence-corrected chi connectivity index (χ3v) is 8.31. The van der Waals surface area contributed by atoms with Gasteiger partial charge in [0.2, 0.25) is 5.91 Å². The first-order valence-electron chi connectivity index (χ1n) is 9.33. The average Bonchev–Trinajstić information content (AvgIpc) is 3.14. The highest BCUT2D eigenvalue weighted by molar-refractivity contribution is 8.15.